The number of hydrogen-bond donors (Lipinski definition) is 5. The predicted molar refractivity (Wildman–Crippen MR) is 366 cm³/mol. The Hall–Kier alpha value is -7.96. The molecule has 0 bridgehead atoms. The number of amides is 12. The largest absolute Gasteiger partial charge is 0.391 e. The van der Waals surface area contributed by atoms with Crippen molar-refractivity contribution < 1.29 is 62.6 Å². The summed E-state index contributed by atoms with van der Waals surface area (Å²) >= 11 is 0. The zero-order chi connectivity index (χ0) is 72.2. The van der Waals surface area contributed by atoms with E-state index in [1.807, 2.05) is 71.9 Å². The molecule has 5 N–H and O–H groups in total. The Balaban J connectivity index is 1.96. The van der Waals surface area contributed by atoms with E-state index >= 15 is 24.0 Å². The third kappa shape index (κ3) is 22.3. The Morgan fingerprint density at radius 1 is 0.469 bits per heavy atom. The van der Waals surface area contributed by atoms with E-state index in [0.717, 1.165) is 26.7 Å². The normalized spacial score (nSPS) is 25.5. The van der Waals surface area contributed by atoms with Gasteiger partial charge < -0.3 is 65.6 Å². The van der Waals surface area contributed by atoms with Gasteiger partial charge in [0, 0.05) is 68.8 Å². The van der Waals surface area contributed by atoms with Gasteiger partial charge in [-0.1, -0.05) is 123 Å². The molecule has 96 heavy (non-hydrogen) atoms. The lowest BCUT2D eigenvalue weighted by Gasteiger charge is -2.38. The number of aryl methyl sites for hydroxylation is 1. The first kappa shape index (κ1) is 80.5. The van der Waals surface area contributed by atoms with E-state index in [9.17, 15) is 38.7 Å². The Kier molecular flexibility index (Phi) is 31.5. The molecule has 2 fully saturated rings. The van der Waals surface area contributed by atoms with Crippen LogP contribution in [0.25, 0.3) is 0 Å². The van der Waals surface area contributed by atoms with Gasteiger partial charge in [0.25, 0.3) is 11.8 Å². The number of carbonyl (C=O) groups is 12. The van der Waals surface area contributed by atoms with Gasteiger partial charge in [-0.2, -0.15) is 0 Å². The molecular weight excluding hydrogens is 1230 g/mol. The molecular formula is C71H112N12O13. The fraction of sp³-hybridized carbons (Fsp3) is 0.662. The van der Waals surface area contributed by atoms with Gasteiger partial charge in [0.05, 0.1) is 12.6 Å². The number of likely N-dealkylation sites (tertiary alicyclic amines) is 1. The van der Waals surface area contributed by atoms with E-state index < -0.39 is 144 Å². The van der Waals surface area contributed by atoms with Crippen molar-refractivity contribution in [3.8, 4) is 0 Å². The first-order chi connectivity index (χ1) is 45.0. The van der Waals surface area contributed by atoms with Gasteiger partial charge >= 0.3 is 0 Å². The van der Waals surface area contributed by atoms with Crippen LogP contribution in [0.5, 0.6) is 0 Å². The van der Waals surface area contributed by atoms with Crippen molar-refractivity contribution in [2.75, 3.05) is 69.0 Å². The van der Waals surface area contributed by atoms with Crippen LogP contribution in [-0.2, 0) is 70.4 Å². The minimum atomic E-state index is -1.89. The van der Waals surface area contributed by atoms with E-state index in [4.69, 9.17) is 0 Å². The van der Waals surface area contributed by atoms with Crippen LogP contribution in [0.2, 0.25) is 0 Å². The van der Waals surface area contributed by atoms with Gasteiger partial charge in [-0.05, 0) is 113 Å². The molecule has 12 amide bonds. The Morgan fingerprint density at radius 3 is 1.43 bits per heavy atom. The van der Waals surface area contributed by atoms with Crippen molar-refractivity contribution in [1.82, 2.24) is 60.5 Å². The molecule has 534 valence electrons. The monoisotopic (exact) mass is 1340 g/mol. The van der Waals surface area contributed by atoms with Gasteiger partial charge in [0.1, 0.15) is 54.4 Å². The number of carbonyl (C=O) groups excluding carboxylic acids is 12. The number of likely N-dealkylation sites (N-methyl/N-ethyl adjacent to an activating group) is 7. The number of aliphatic hydroxyl groups is 1. The van der Waals surface area contributed by atoms with Crippen molar-refractivity contribution in [2.24, 2.45) is 23.7 Å². The summed E-state index contributed by atoms with van der Waals surface area (Å²) in [5.74, 6) is -10.0. The third-order valence-corrected chi connectivity index (χ3v) is 18.4. The number of nitrogens with one attached hydrogen (secondary N) is 4. The van der Waals surface area contributed by atoms with Gasteiger partial charge in [-0.3, -0.25) is 57.5 Å². The third-order valence-electron chi connectivity index (χ3n) is 18.4. The zero-order valence-electron chi connectivity index (χ0n) is 60.3. The minimum absolute atomic E-state index is 0.0217. The van der Waals surface area contributed by atoms with E-state index in [1.54, 1.807) is 51.1 Å². The molecule has 2 aromatic carbocycles. The van der Waals surface area contributed by atoms with Gasteiger partial charge in [-0.25, -0.2) is 0 Å². The molecule has 0 aliphatic carbocycles. The maximum Gasteiger partial charge on any atom is 0.255 e. The lowest BCUT2D eigenvalue weighted by atomic mass is 9.96. The summed E-state index contributed by atoms with van der Waals surface area (Å²) < 4.78 is 0. The van der Waals surface area contributed by atoms with Crippen LogP contribution >= 0.6 is 0 Å². The van der Waals surface area contributed by atoms with E-state index in [2.05, 4.69) is 21.3 Å². The molecule has 0 aromatic heterocycles. The van der Waals surface area contributed by atoms with Gasteiger partial charge in [0.15, 0.2) is 6.04 Å². The summed E-state index contributed by atoms with van der Waals surface area (Å²) in [5.41, 5.74) is 1.51. The first-order valence-corrected chi connectivity index (χ1v) is 34.1. The maximum atomic E-state index is 15.4. The fourth-order valence-corrected chi connectivity index (χ4v) is 12.3. The number of rotatable bonds is 16. The molecule has 2 heterocycles. The highest BCUT2D eigenvalue weighted by Crippen LogP contribution is 2.24. The molecule has 4 rings (SSSR count). The van der Waals surface area contributed by atoms with Crippen LogP contribution in [-0.4, -0.2) is 251 Å². The average molecular weight is 1340 g/mol. The van der Waals surface area contributed by atoms with Crippen molar-refractivity contribution in [1.29, 1.82) is 0 Å². The zero-order valence-corrected chi connectivity index (χ0v) is 60.3. The van der Waals surface area contributed by atoms with Crippen LogP contribution in [0.15, 0.2) is 60.7 Å². The van der Waals surface area contributed by atoms with Crippen LogP contribution < -0.4 is 21.3 Å². The molecule has 25 nitrogen and oxygen atoms in total. The van der Waals surface area contributed by atoms with E-state index in [0.29, 0.717) is 24.8 Å². The average Bonchev–Trinajstić information content (AvgIpc) is 0.830. The number of aliphatic hydroxyl groups excluding tert-OH is 1. The maximum absolute atomic E-state index is 15.4. The molecule has 2 aliphatic rings. The molecule has 2 aliphatic heterocycles. The lowest BCUT2D eigenvalue weighted by Crippen LogP contribution is -2.63. The Morgan fingerprint density at radius 2 is 0.906 bits per heavy atom. The molecule has 0 spiro atoms. The molecule has 11 atom stereocenters. The first-order valence-electron chi connectivity index (χ1n) is 34.1. The molecule has 0 radical (unpaired) electrons. The van der Waals surface area contributed by atoms with E-state index in [1.165, 1.54) is 87.7 Å². The molecule has 0 unspecified atom stereocenters. The number of hydrogen-bond acceptors (Lipinski definition) is 13. The second-order valence-corrected chi connectivity index (χ2v) is 28.0. The Labute approximate surface area is 569 Å². The Bertz CT molecular complexity index is 2980. The van der Waals surface area contributed by atoms with Crippen LogP contribution in [0, 0.1) is 23.7 Å². The quantitative estimate of drug-likeness (QED) is 0.151. The predicted octanol–water partition coefficient (Wildman–Crippen LogP) is 3.24. The smallest absolute Gasteiger partial charge is 0.255 e. The highest BCUT2D eigenvalue weighted by Gasteiger charge is 2.44. The highest BCUT2D eigenvalue weighted by molar-refractivity contribution is 6.09. The summed E-state index contributed by atoms with van der Waals surface area (Å²) in [4.78, 5) is 188. The molecule has 0 saturated carbocycles. The summed E-state index contributed by atoms with van der Waals surface area (Å²) in [6.45, 7) is 19.0. The van der Waals surface area contributed by atoms with Crippen LogP contribution in [0.1, 0.15) is 145 Å². The topological polar surface area (TPSA) is 299 Å². The molecule has 2 saturated heterocycles. The number of nitrogens with zero attached hydrogens (tertiary/aromatic N) is 8. The second kappa shape index (κ2) is 37.5. The lowest BCUT2D eigenvalue weighted by molar-refractivity contribution is -0.152. The minimum Gasteiger partial charge on any atom is -0.391 e. The number of benzene rings is 2. The van der Waals surface area contributed by atoms with Gasteiger partial charge in [0.2, 0.25) is 59.1 Å². The van der Waals surface area contributed by atoms with Crippen molar-refractivity contribution >= 4 is 70.9 Å². The summed E-state index contributed by atoms with van der Waals surface area (Å²) in [6.07, 6.45) is 1.18. The molecule has 25 heteroatoms. The van der Waals surface area contributed by atoms with Gasteiger partial charge in [-0.15, -0.1) is 0 Å². The summed E-state index contributed by atoms with van der Waals surface area (Å²) in [5, 5.41) is 22.3. The van der Waals surface area contributed by atoms with Crippen molar-refractivity contribution in [3.63, 3.8) is 0 Å². The highest BCUT2D eigenvalue weighted by atomic mass is 16.3. The van der Waals surface area contributed by atoms with Crippen LogP contribution in [0.4, 0.5) is 0 Å². The summed E-state index contributed by atoms with van der Waals surface area (Å²) in [7, 11) is 9.67. The molecule has 2 aromatic rings. The summed E-state index contributed by atoms with van der Waals surface area (Å²) in [6, 6.07) is 4.41. The standard InChI is InChI=1S/C71H112N12O13/c1-19-51-65(90)82(18)57(41-50-31-25-21-26-32-50)68(93)80(16)55(39-45(6)7)64(89)74-59(48(11)84)69(94)76(12)42-58(85)78(14)54(38-44(4)5)63(88)75-60(71(96)83-35-27-22-28-36-83)70(95)77(13)47(10)61(86)73-52(37-43(2)3)66(91)81(17)56(40-46(8)9)67(92)79(15)53(62(87)72-51)34-33-49-29-23-20-24-30-49/h20-21,23-26,29-32,43-48,51-57,59-60,84H,19,22,27-28,33-42H2,1-18H3,(H,72,87)(H,73,86)(H,74,89)(H,75,88)/t47-,48+,51-,52-,53+,54-,55-,56-,57-,59-,60-/m0/s1. The van der Waals surface area contributed by atoms with Crippen molar-refractivity contribution in [2.45, 2.75) is 213 Å². The van der Waals surface area contributed by atoms with Crippen LogP contribution in [0.3, 0.4) is 0 Å². The number of piperidine rings is 1. The van der Waals surface area contributed by atoms with E-state index in [-0.39, 0.29) is 81.7 Å². The fourth-order valence-electron chi connectivity index (χ4n) is 12.3. The second-order valence-electron chi connectivity index (χ2n) is 28.0. The SMILES string of the molecule is CC[C@@H]1NC(=O)[C@@H](CCc2ccccc2)N(C)C(=O)[C@H](CC(C)C)N(C)C(=O)[C@H](CC(C)C)NC(=O)[C@H](C)N(C)C(=O)[C@@H](C(=O)N2CCCCC2)NC(=O)[C@H](CC(C)C)N(C)C(=O)CN(C)C(=O)[C@H]([C@@H](C)O)NC(=O)[C@H](CC(C)C)N(C)C(=O)[C@H](Cc2ccccc2)N(C)C1=O. The van der Waals surface area contributed by atoms with Crippen molar-refractivity contribution in [3.05, 3.63) is 71.8 Å².